The number of hydrogen-bond donors (Lipinski definition) is 3. The first-order valence-corrected chi connectivity index (χ1v) is 5.42. The van der Waals surface area contributed by atoms with Gasteiger partial charge in [0.25, 0.3) is 0 Å². The molecule has 1 aromatic carbocycles. The van der Waals surface area contributed by atoms with Gasteiger partial charge in [-0.25, -0.2) is 0 Å². The molecule has 0 radical (unpaired) electrons. The lowest BCUT2D eigenvalue weighted by molar-refractivity contribution is -0.124. The van der Waals surface area contributed by atoms with E-state index in [4.69, 9.17) is 11.5 Å². The maximum Gasteiger partial charge on any atom is 0.238 e. The molecule has 5 nitrogen and oxygen atoms in total. The van der Waals surface area contributed by atoms with Gasteiger partial charge in [0.15, 0.2) is 0 Å². The van der Waals surface area contributed by atoms with Crippen LogP contribution in [0, 0.1) is 0 Å². The molecule has 92 valence electrons. The van der Waals surface area contributed by atoms with Gasteiger partial charge >= 0.3 is 0 Å². The highest BCUT2D eigenvalue weighted by Gasteiger charge is 2.16. The van der Waals surface area contributed by atoms with Crippen molar-refractivity contribution in [2.24, 2.45) is 11.5 Å². The van der Waals surface area contributed by atoms with E-state index in [1.54, 1.807) is 0 Å². The fourth-order valence-electron chi connectivity index (χ4n) is 1.40. The van der Waals surface area contributed by atoms with Crippen LogP contribution in [0.3, 0.4) is 0 Å². The van der Waals surface area contributed by atoms with Crippen LogP contribution >= 0.6 is 0 Å². The lowest BCUT2D eigenvalue weighted by atomic mass is 10.1. The summed E-state index contributed by atoms with van der Waals surface area (Å²) in [7, 11) is 0. The minimum absolute atomic E-state index is 0.0583. The number of benzene rings is 1. The molecule has 0 saturated heterocycles. The maximum atomic E-state index is 11.5. The molecule has 0 heterocycles. The Hall–Kier alpha value is -1.72. The van der Waals surface area contributed by atoms with Crippen LogP contribution in [0.1, 0.15) is 5.56 Å². The molecule has 0 aliphatic rings. The number of nitrogens with two attached hydrogens (primary N) is 2. The summed E-state index contributed by atoms with van der Waals surface area (Å²) in [5.41, 5.74) is 11.7. The minimum Gasteiger partial charge on any atom is -0.345 e. The molecule has 0 aliphatic carbocycles. The van der Waals surface area contributed by atoms with Crippen LogP contribution in [-0.2, 0) is 16.0 Å². The molecular formula is C12H17N3O2. The van der Waals surface area contributed by atoms with Crippen molar-refractivity contribution < 1.29 is 9.59 Å². The van der Waals surface area contributed by atoms with Gasteiger partial charge in [-0.2, -0.15) is 0 Å². The zero-order valence-electron chi connectivity index (χ0n) is 9.50. The molecule has 0 aromatic heterocycles. The minimum atomic E-state index is -0.770. The van der Waals surface area contributed by atoms with E-state index < -0.39 is 18.0 Å². The number of hydrogen-bond acceptors (Lipinski definition) is 4. The van der Waals surface area contributed by atoms with Gasteiger partial charge in [-0.05, 0) is 12.0 Å². The Bertz CT molecular complexity index is 367. The molecule has 1 aromatic rings. The number of carbonyl (C=O) groups excluding carboxylic acids is 2. The molecule has 1 amide bonds. The van der Waals surface area contributed by atoms with Gasteiger partial charge in [0.05, 0.1) is 12.1 Å². The predicted octanol–water partition coefficient (Wildman–Crippen LogP) is -0.801. The second kappa shape index (κ2) is 6.78. The molecule has 0 saturated carbocycles. The summed E-state index contributed by atoms with van der Waals surface area (Å²) in [6.07, 6.45) is 1.15. The van der Waals surface area contributed by atoms with E-state index in [9.17, 15) is 9.59 Å². The van der Waals surface area contributed by atoms with Crippen molar-refractivity contribution in [3.05, 3.63) is 35.9 Å². The van der Waals surface area contributed by atoms with Crippen LogP contribution in [0.2, 0.25) is 0 Å². The summed E-state index contributed by atoms with van der Waals surface area (Å²) in [6, 6.07) is 8.10. The van der Waals surface area contributed by atoms with Crippen LogP contribution in [-0.4, -0.2) is 30.8 Å². The molecule has 2 atom stereocenters. The van der Waals surface area contributed by atoms with E-state index in [-0.39, 0.29) is 6.54 Å². The third kappa shape index (κ3) is 4.34. The van der Waals surface area contributed by atoms with Crippen molar-refractivity contribution in [3.63, 3.8) is 0 Å². The number of aldehydes is 1. The second-order valence-electron chi connectivity index (χ2n) is 3.78. The Morgan fingerprint density at radius 2 is 2.00 bits per heavy atom. The molecular weight excluding hydrogens is 218 g/mol. The summed E-state index contributed by atoms with van der Waals surface area (Å²) < 4.78 is 0. The first-order chi connectivity index (χ1) is 8.17. The van der Waals surface area contributed by atoms with E-state index in [0.29, 0.717) is 12.7 Å². The van der Waals surface area contributed by atoms with Crippen molar-refractivity contribution in [2.75, 3.05) is 6.54 Å². The van der Waals surface area contributed by atoms with E-state index >= 15 is 0 Å². The molecule has 1 rings (SSSR count). The highest BCUT2D eigenvalue weighted by Crippen LogP contribution is 2.01. The first kappa shape index (κ1) is 13.3. The van der Waals surface area contributed by atoms with Gasteiger partial charge in [-0.1, -0.05) is 30.3 Å². The SMILES string of the molecule is NC[C@@H](N)C(=O)N[C@H](C=O)Cc1ccccc1. The smallest absolute Gasteiger partial charge is 0.238 e. The summed E-state index contributed by atoms with van der Waals surface area (Å²) in [6.45, 7) is 0.0583. The Labute approximate surface area is 100 Å². The summed E-state index contributed by atoms with van der Waals surface area (Å²) >= 11 is 0. The quantitative estimate of drug-likeness (QED) is 0.562. The van der Waals surface area contributed by atoms with Gasteiger partial charge in [-0.15, -0.1) is 0 Å². The topological polar surface area (TPSA) is 98.2 Å². The van der Waals surface area contributed by atoms with Crippen molar-refractivity contribution >= 4 is 12.2 Å². The lowest BCUT2D eigenvalue weighted by Crippen LogP contribution is -2.49. The average molecular weight is 235 g/mol. The predicted molar refractivity (Wildman–Crippen MR) is 65.2 cm³/mol. The number of rotatable bonds is 6. The van der Waals surface area contributed by atoms with Gasteiger partial charge in [0.2, 0.25) is 5.91 Å². The van der Waals surface area contributed by atoms with Crippen LogP contribution in [0.25, 0.3) is 0 Å². The van der Waals surface area contributed by atoms with Crippen molar-refractivity contribution in [2.45, 2.75) is 18.5 Å². The molecule has 17 heavy (non-hydrogen) atoms. The molecule has 0 unspecified atom stereocenters. The summed E-state index contributed by atoms with van der Waals surface area (Å²) in [5, 5.41) is 2.55. The number of nitrogens with one attached hydrogen (secondary N) is 1. The van der Waals surface area contributed by atoms with Gasteiger partial charge in [0, 0.05) is 6.54 Å². The molecule has 5 heteroatoms. The molecule has 0 bridgehead atoms. The van der Waals surface area contributed by atoms with Crippen LogP contribution in [0.5, 0.6) is 0 Å². The van der Waals surface area contributed by atoms with E-state index in [1.807, 2.05) is 30.3 Å². The van der Waals surface area contributed by atoms with Crippen LogP contribution < -0.4 is 16.8 Å². The molecule has 0 fully saturated rings. The van der Waals surface area contributed by atoms with E-state index in [1.165, 1.54) is 0 Å². The van der Waals surface area contributed by atoms with Crippen molar-refractivity contribution in [3.8, 4) is 0 Å². The Kier molecular flexibility index (Phi) is 5.32. The lowest BCUT2D eigenvalue weighted by Gasteiger charge is -2.15. The molecule has 0 spiro atoms. The maximum absolute atomic E-state index is 11.5. The third-order valence-electron chi connectivity index (χ3n) is 2.38. The van der Waals surface area contributed by atoms with Gasteiger partial charge in [-0.3, -0.25) is 4.79 Å². The van der Waals surface area contributed by atoms with Crippen LogP contribution in [0.15, 0.2) is 30.3 Å². The fraction of sp³-hybridized carbons (Fsp3) is 0.333. The fourth-order valence-corrected chi connectivity index (χ4v) is 1.40. The van der Waals surface area contributed by atoms with E-state index in [0.717, 1.165) is 5.56 Å². The van der Waals surface area contributed by atoms with Crippen molar-refractivity contribution in [1.82, 2.24) is 5.32 Å². The van der Waals surface area contributed by atoms with Gasteiger partial charge in [0.1, 0.15) is 6.29 Å². The first-order valence-electron chi connectivity index (χ1n) is 5.42. The largest absolute Gasteiger partial charge is 0.345 e. The summed E-state index contributed by atoms with van der Waals surface area (Å²) in [4.78, 5) is 22.3. The zero-order chi connectivity index (χ0) is 12.7. The monoisotopic (exact) mass is 235 g/mol. The normalized spacial score (nSPS) is 13.8. The number of amides is 1. The third-order valence-corrected chi connectivity index (χ3v) is 2.38. The van der Waals surface area contributed by atoms with Crippen LogP contribution in [0.4, 0.5) is 0 Å². The molecule has 5 N–H and O–H groups in total. The highest BCUT2D eigenvalue weighted by molar-refractivity contribution is 5.84. The standard InChI is InChI=1S/C12H17N3O2/c13-7-11(14)12(17)15-10(8-16)6-9-4-2-1-3-5-9/h1-5,8,10-11H,6-7,13-14H2,(H,15,17)/t10-,11+/m0/s1. The average Bonchev–Trinajstić information content (AvgIpc) is 2.38. The van der Waals surface area contributed by atoms with Crippen molar-refractivity contribution in [1.29, 1.82) is 0 Å². The second-order valence-corrected chi connectivity index (χ2v) is 3.78. The zero-order valence-corrected chi connectivity index (χ0v) is 9.50. The highest BCUT2D eigenvalue weighted by atomic mass is 16.2. The Balaban J connectivity index is 2.55. The molecule has 0 aliphatic heterocycles. The number of carbonyl (C=O) groups is 2. The van der Waals surface area contributed by atoms with Gasteiger partial charge < -0.3 is 21.6 Å². The summed E-state index contributed by atoms with van der Waals surface area (Å²) in [5.74, 6) is -0.402. The van der Waals surface area contributed by atoms with E-state index in [2.05, 4.69) is 5.32 Å². The Morgan fingerprint density at radius 3 is 2.53 bits per heavy atom. The Morgan fingerprint density at radius 1 is 1.35 bits per heavy atom.